The summed E-state index contributed by atoms with van der Waals surface area (Å²) in [7, 11) is 1.13. The lowest BCUT2D eigenvalue weighted by Crippen LogP contribution is -2.48. The zero-order valence-corrected chi connectivity index (χ0v) is 15.2. The van der Waals surface area contributed by atoms with E-state index in [2.05, 4.69) is 5.32 Å². The molecule has 0 aromatic heterocycles. The Morgan fingerprint density at radius 2 is 2.17 bits per heavy atom. The Balaban J connectivity index is 1.94. The largest absolute Gasteiger partial charge is 0.497 e. The lowest BCUT2D eigenvalue weighted by atomic mass is 9.99. The van der Waals surface area contributed by atoms with Gasteiger partial charge in [-0.1, -0.05) is 12.1 Å². The number of carbonyl (C=O) groups is 1. The first kappa shape index (κ1) is 18.7. The van der Waals surface area contributed by atoms with Crippen molar-refractivity contribution < 1.29 is 17.9 Å². The van der Waals surface area contributed by atoms with E-state index in [1.165, 1.54) is 22.7 Å². The molecule has 1 aromatic carbocycles. The third kappa shape index (κ3) is 4.46. The first-order chi connectivity index (χ1) is 11.3. The molecule has 1 unspecified atom stereocenters. The van der Waals surface area contributed by atoms with Crippen LogP contribution >= 0.6 is 0 Å². The van der Waals surface area contributed by atoms with Crippen LogP contribution in [0.25, 0.3) is 0 Å². The van der Waals surface area contributed by atoms with Crippen LogP contribution in [0.3, 0.4) is 0 Å². The number of ether oxygens (including phenoxy) is 1. The highest BCUT2D eigenvalue weighted by atomic mass is 32.2. The first-order valence-electron chi connectivity index (χ1n) is 7.93. The van der Waals surface area contributed by atoms with Gasteiger partial charge in [0.05, 0.1) is 13.0 Å². The van der Waals surface area contributed by atoms with Gasteiger partial charge in [0.15, 0.2) is 0 Å². The molecule has 24 heavy (non-hydrogen) atoms. The van der Waals surface area contributed by atoms with Gasteiger partial charge in [-0.05, 0) is 30.5 Å². The van der Waals surface area contributed by atoms with Gasteiger partial charge in [0.25, 0.3) is 10.2 Å². The smallest absolute Gasteiger partial charge is 0.281 e. The molecule has 1 heterocycles. The number of methoxy groups -OCH3 is 1. The molecule has 1 fully saturated rings. The Hall–Kier alpha value is -1.64. The predicted molar refractivity (Wildman–Crippen MR) is 91.7 cm³/mol. The first-order valence-corrected chi connectivity index (χ1v) is 9.32. The fourth-order valence-corrected chi connectivity index (χ4v) is 3.90. The molecule has 2 rings (SSSR count). The number of nitrogens with one attached hydrogen (secondary N) is 1. The minimum Gasteiger partial charge on any atom is -0.497 e. The van der Waals surface area contributed by atoms with Crippen molar-refractivity contribution in [2.45, 2.75) is 19.4 Å². The van der Waals surface area contributed by atoms with Crippen LogP contribution in [0.4, 0.5) is 0 Å². The van der Waals surface area contributed by atoms with E-state index in [0.29, 0.717) is 25.9 Å². The average Bonchev–Trinajstić information content (AvgIpc) is 2.59. The molecule has 0 spiro atoms. The van der Waals surface area contributed by atoms with Crippen LogP contribution in [-0.2, 0) is 21.5 Å². The second-order valence-electron chi connectivity index (χ2n) is 6.06. The zero-order chi connectivity index (χ0) is 17.7. The molecule has 1 saturated heterocycles. The number of piperidine rings is 1. The minimum atomic E-state index is -3.47. The summed E-state index contributed by atoms with van der Waals surface area (Å²) in [5.74, 6) is 0.304. The maximum atomic E-state index is 12.4. The van der Waals surface area contributed by atoms with E-state index in [9.17, 15) is 13.2 Å². The van der Waals surface area contributed by atoms with Crippen molar-refractivity contribution in [1.82, 2.24) is 13.9 Å². The number of benzene rings is 1. The molecule has 1 aliphatic rings. The van der Waals surface area contributed by atoms with E-state index in [4.69, 9.17) is 4.74 Å². The van der Waals surface area contributed by atoms with Gasteiger partial charge in [-0.3, -0.25) is 4.79 Å². The molecule has 0 aliphatic carbocycles. The Morgan fingerprint density at radius 3 is 2.83 bits per heavy atom. The maximum absolute atomic E-state index is 12.4. The fraction of sp³-hybridized carbons (Fsp3) is 0.562. The number of hydrogen-bond acceptors (Lipinski definition) is 4. The third-order valence-corrected chi connectivity index (χ3v) is 6.05. The van der Waals surface area contributed by atoms with Crippen LogP contribution in [0.5, 0.6) is 5.75 Å². The van der Waals surface area contributed by atoms with Crippen molar-refractivity contribution in [2.24, 2.45) is 5.92 Å². The summed E-state index contributed by atoms with van der Waals surface area (Å²) in [5, 5.41) is 2.89. The molecule has 0 saturated carbocycles. The van der Waals surface area contributed by atoms with Crippen LogP contribution in [-0.4, -0.2) is 57.2 Å². The summed E-state index contributed by atoms with van der Waals surface area (Å²) >= 11 is 0. The predicted octanol–water partition coefficient (Wildman–Crippen LogP) is 0.830. The van der Waals surface area contributed by atoms with Gasteiger partial charge in [-0.25, -0.2) is 0 Å². The van der Waals surface area contributed by atoms with Crippen LogP contribution < -0.4 is 10.1 Å². The van der Waals surface area contributed by atoms with Crippen molar-refractivity contribution in [2.75, 3.05) is 34.3 Å². The van der Waals surface area contributed by atoms with Gasteiger partial charge < -0.3 is 10.1 Å². The summed E-state index contributed by atoms with van der Waals surface area (Å²) in [6, 6.07) is 7.49. The Labute approximate surface area is 143 Å². The van der Waals surface area contributed by atoms with E-state index in [1.807, 2.05) is 24.3 Å². The van der Waals surface area contributed by atoms with E-state index in [1.54, 1.807) is 7.11 Å². The minimum absolute atomic E-state index is 0.114. The van der Waals surface area contributed by atoms with Crippen molar-refractivity contribution in [3.05, 3.63) is 29.8 Å². The van der Waals surface area contributed by atoms with Gasteiger partial charge in [-0.2, -0.15) is 17.0 Å². The molecule has 0 radical (unpaired) electrons. The molecule has 0 bridgehead atoms. The van der Waals surface area contributed by atoms with Crippen LogP contribution in [0.15, 0.2) is 24.3 Å². The maximum Gasteiger partial charge on any atom is 0.281 e. The second-order valence-corrected chi connectivity index (χ2v) is 8.20. The van der Waals surface area contributed by atoms with Gasteiger partial charge in [0.1, 0.15) is 5.75 Å². The monoisotopic (exact) mass is 355 g/mol. The van der Waals surface area contributed by atoms with Crippen molar-refractivity contribution >= 4 is 16.1 Å². The standard InChI is InChI=1S/C16H25N3O4S/c1-18(2)24(21,22)19-9-5-7-14(12-19)16(20)17-11-13-6-4-8-15(10-13)23-3/h4,6,8,10,14H,5,7,9,11-12H2,1-3H3,(H,17,20). The van der Waals surface area contributed by atoms with Gasteiger partial charge in [0, 0.05) is 33.7 Å². The SMILES string of the molecule is COc1cccc(CNC(=O)C2CCCN(S(=O)(=O)N(C)C)C2)c1. The molecule has 1 amide bonds. The second kappa shape index (κ2) is 7.96. The van der Waals surface area contributed by atoms with Gasteiger partial charge in [0.2, 0.25) is 5.91 Å². The van der Waals surface area contributed by atoms with Gasteiger partial charge in [-0.15, -0.1) is 0 Å². The Morgan fingerprint density at radius 1 is 1.42 bits per heavy atom. The number of rotatable bonds is 6. The van der Waals surface area contributed by atoms with Crippen molar-refractivity contribution in [3.63, 3.8) is 0 Å². The summed E-state index contributed by atoms with van der Waals surface area (Å²) in [6.45, 7) is 1.08. The van der Waals surface area contributed by atoms with E-state index < -0.39 is 10.2 Å². The van der Waals surface area contributed by atoms with Crippen LogP contribution in [0.2, 0.25) is 0 Å². The molecular weight excluding hydrogens is 330 g/mol. The highest BCUT2D eigenvalue weighted by molar-refractivity contribution is 7.86. The summed E-state index contributed by atoms with van der Waals surface area (Å²) < 4.78 is 32.1. The fourth-order valence-electron chi connectivity index (χ4n) is 2.71. The lowest BCUT2D eigenvalue weighted by Gasteiger charge is -2.32. The molecular formula is C16H25N3O4S. The third-order valence-electron chi connectivity index (χ3n) is 4.14. The number of nitrogens with zero attached hydrogens (tertiary/aromatic N) is 2. The number of hydrogen-bond donors (Lipinski definition) is 1. The zero-order valence-electron chi connectivity index (χ0n) is 14.4. The van der Waals surface area contributed by atoms with Gasteiger partial charge >= 0.3 is 0 Å². The Kier molecular flexibility index (Phi) is 6.20. The molecule has 1 aromatic rings. The normalized spacial score (nSPS) is 19.2. The number of carbonyl (C=O) groups excluding carboxylic acids is 1. The summed E-state index contributed by atoms with van der Waals surface area (Å²) in [6.07, 6.45) is 1.38. The van der Waals surface area contributed by atoms with Crippen LogP contribution in [0, 0.1) is 5.92 Å². The van der Waals surface area contributed by atoms with E-state index >= 15 is 0 Å². The molecule has 1 atom stereocenters. The van der Waals surface area contributed by atoms with E-state index in [-0.39, 0.29) is 18.4 Å². The lowest BCUT2D eigenvalue weighted by molar-refractivity contribution is -0.126. The summed E-state index contributed by atoms with van der Waals surface area (Å²) in [4.78, 5) is 12.4. The topological polar surface area (TPSA) is 79.0 Å². The molecule has 1 N–H and O–H groups in total. The molecule has 134 valence electrons. The summed E-state index contributed by atoms with van der Waals surface area (Å²) in [5.41, 5.74) is 0.941. The molecule has 8 heteroatoms. The van der Waals surface area contributed by atoms with Crippen molar-refractivity contribution in [1.29, 1.82) is 0 Å². The quantitative estimate of drug-likeness (QED) is 0.820. The van der Waals surface area contributed by atoms with Crippen molar-refractivity contribution in [3.8, 4) is 5.75 Å². The van der Waals surface area contributed by atoms with Crippen LogP contribution in [0.1, 0.15) is 18.4 Å². The number of amides is 1. The highest BCUT2D eigenvalue weighted by Gasteiger charge is 2.33. The molecule has 1 aliphatic heterocycles. The Bertz CT molecular complexity index is 676. The highest BCUT2D eigenvalue weighted by Crippen LogP contribution is 2.20. The molecule has 7 nitrogen and oxygen atoms in total. The average molecular weight is 355 g/mol. The van der Waals surface area contributed by atoms with E-state index in [0.717, 1.165) is 11.3 Å².